The van der Waals surface area contributed by atoms with Crippen molar-refractivity contribution in [3.63, 3.8) is 0 Å². The molecular formula is C17H26N2O5. The van der Waals surface area contributed by atoms with Crippen molar-refractivity contribution < 1.29 is 23.7 Å². The van der Waals surface area contributed by atoms with Crippen LogP contribution in [0.15, 0.2) is 18.2 Å². The van der Waals surface area contributed by atoms with Gasteiger partial charge in [0.25, 0.3) is 5.91 Å². The second kappa shape index (κ2) is 8.86. The Morgan fingerprint density at radius 1 is 1.17 bits per heavy atom. The minimum absolute atomic E-state index is 0.139. The van der Waals surface area contributed by atoms with E-state index < -0.39 is 5.60 Å². The van der Waals surface area contributed by atoms with Crippen LogP contribution in [0, 0.1) is 0 Å². The Kier molecular flexibility index (Phi) is 6.84. The lowest BCUT2D eigenvalue weighted by Gasteiger charge is -2.34. The summed E-state index contributed by atoms with van der Waals surface area (Å²) in [5.74, 6) is 1.02. The summed E-state index contributed by atoms with van der Waals surface area (Å²) in [6.07, 6.45) is 1.28. The number of rotatable bonds is 8. The molecule has 0 spiro atoms. The number of carbonyl (C=O) groups excluding carboxylic acids is 1. The highest BCUT2D eigenvalue weighted by molar-refractivity contribution is 5.97. The molecule has 0 aliphatic carbocycles. The van der Waals surface area contributed by atoms with Crippen molar-refractivity contribution in [3.05, 3.63) is 18.2 Å². The van der Waals surface area contributed by atoms with Gasteiger partial charge in [-0.1, -0.05) is 0 Å². The van der Waals surface area contributed by atoms with Crippen molar-refractivity contribution >= 4 is 11.6 Å². The van der Waals surface area contributed by atoms with E-state index >= 15 is 0 Å². The second-order valence-electron chi connectivity index (χ2n) is 5.61. The van der Waals surface area contributed by atoms with Gasteiger partial charge in [0, 0.05) is 26.0 Å². The van der Waals surface area contributed by atoms with E-state index in [4.69, 9.17) is 18.9 Å². The highest BCUT2D eigenvalue weighted by Gasteiger charge is 2.39. The molecule has 134 valence electrons. The minimum Gasteiger partial charge on any atom is -0.493 e. The fourth-order valence-electron chi connectivity index (χ4n) is 2.70. The van der Waals surface area contributed by atoms with E-state index in [9.17, 15) is 4.79 Å². The summed E-state index contributed by atoms with van der Waals surface area (Å²) in [4.78, 5) is 12.7. The lowest BCUT2D eigenvalue weighted by Crippen LogP contribution is -2.51. The average Bonchev–Trinajstić information content (AvgIpc) is 2.62. The summed E-state index contributed by atoms with van der Waals surface area (Å²) in [7, 11) is 4.77. The number of carbonyl (C=O) groups is 1. The maximum absolute atomic E-state index is 12.7. The van der Waals surface area contributed by atoms with Crippen molar-refractivity contribution in [1.29, 1.82) is 0 Å². The molecule has 0 aromatic heterocycles. The second-order valence-corrected chi connectivity index (χ2v) is 5.61. The third-order valence-electron chi connectivity index (χ3n) is 4.18. The van der Waals surface area contributed by atoms with Crippen LogP contribution >= 0.6 is 0 Å². The number of methoxy groups -OCH3 is 3. The van der Waals surface area contributed by atoms with E-state index in [-0.39, 0.29) is 5.91 Å². The van der Waals surface area contributed by atoms with Crippen LogP contribution in [0.25, 0.3) is 0 Å². The van der Waals surface area contributed by atoms with Gasteiger partial charge in [-0.2, -0.15) is 0 Å². The summed E-state index contributed by atoms with van der Waals surface area (Å²) in [5.41, 5.74) is -0.148. The van der Waals surface area contributed by atoms with Crippen LogP contribution in [0.1, 0.15) is 12.8 Å². The van der Waals surface area contributed by atoms with Crippen molar-refractivity contribution in [2.75, 3.05) is 52.9 Å². The predicted octanol–water partition coefficient (Wildman–Crippen LogP) is 1.43. The molecule has 1 saturated heterocycles. The smallest absolute Gasteiger partial charge is 0.256 e. The summed E-state index contributed by atoms with van der Waals surface area (Å²) in [5, 5.41) is 6.16. The van der Waals surface area contributed by atoms with Gasteiger partial charge in [-0.3, -0.25) is 4.79 Å². The van der Waals surface area contributed by atoms with Gasteiger partial charge in [-0.05, 0) is 38.1 Å². The quantitative estimate of drug-likeness (QED) is 0.698. The maximum Gasteiger partial charge on any atom is 0.256 e. The molecule has 0 saturated carbocycles. The molecule has 1 amide bonds. The van der Waals surface area contributed by atoms with Crippen molar-refractivity contribution in [1.82, 2.24) is 5.32 Å². The van der Waals surface area contributed by atoms with Gasteiger partial charge in [0.15, 0.2) is 11.5 Å². The van der Waals surface area contributed by atoms with Crippen LogP contribution in [0.5, 0.6) is 11.5 Å². The van der Waals surface area contributed by atoms with E-state index in [0.717, 1.165) is 13.1 Å². The van der Waals surface area contributed by atoms with Gasteiger partial charge in [0.1, 0.15) is 12.2 Å². The fourth-order valence-corrected chi connectivity index (χ4v) is 2.70. The Morgan fingerprint density at radius 3 is 2.54 bits per heavy atom. The van der Waals surface area contributed by atoms with Crippen LogP contribution in [-0.4, -0.2) is 59.1 Å². The number of amides is 1. The maximum atomic E-state index is 12.7. The van der Waals surface area contributed by atoms with Gasteiger partial charge >= 0.3 is 0 Å². The summed E-state index contributed by atoms with van der Waals surface area (Å²) in [6.45, 7) is 2.39. The molecule has 2 N–H and O–H groups in total. The number of hydrogen-bond acceptors (Lipinski definition) is 6. The van der Waals surface area contributed by atoms with Crippen molar-refractivity contribution in [2.24, 2.45) is 0 Å². The van der Waals surface area contributed by atoms with E-state index in [2.05, 4.69) is 10.6 Å². The molecule has 1 aliphatic heterocycles. The molecule has 0 unspecified atom stereocenters. The number of hydrogen-bond donors (Lipinski definition) is 2. The van der Waals surface area contributed by atoms with Crippen LogP contribution < -0.4 is 20.1 Å². The summed E-state index contributed by atoms with van der Waals surface area (Å²) >= 11 is 0. The summed E-state index contributed by atoms with van der Waals surface area (Å²) < 4.78 is 21.5. The third kappa shape index (κ3) is 4.37. The van der Waals surface area contributed by atoms with Crippen LogP contribution in [-0.2, 0) is 14.3 Å². The Hall–Kier alpha value is -1.83. The molecule has 1 aromatic rings. The SMILES string of the molecule is COCCOc1cc(NC(=O)C2(OC)CCNCC2)ccc1OC. The lowest BCUT2D eigenvalue weighted by molar-refractivity contribution is -0.140. The highest BCUT2D eigenvalue weighted by atomic mass is 16.5. The van der Waals surface area contributed by atoms with Crippen LogP contribution in [0.3, 0.4) is 0 Å². The Morgan fingerprint density at radius 2 is 1.92 bits per heavy atom. The highest BCUT2D eigenvalue weighted by Crippen LogP contribution is 2.31. The molecule has 1 fully saturated rings. The first kappa shape index (κ1) is 18.5. The first-order chi connectivity index (χ1) is 11.6. The largest absolute Gasteiger partial charge is 0.493 e. The van der Waals surface area contributed by atoms with Crippen LogP contribution in [0.2, 0.25) is 0 Å². The minimum atomic E-state index is -0.789. The van der Waals surface area contributed by atoms with E-state index in [1.54, 1.807) is 39.5 Å². The van der Waals surface area contributed by atoms with E-state index in [1.165, 1.54) is 0 Å². The van der Waals surface area contributed by atoms with Gasteiger partial charge in [-0.15, -0.1) is 0 Å². The number of benzene rings is 1. The molecular weight excluding hydrogens is 312 g/mol. The van der Waals surface area contributed by atoms with Gasteiger partial charge in [0.2, 0.25) is 0 Å². The molecule has 0 bridgehead atoms. The molecule has 2 rings (SSSR count). The zero-order valence-electron chi connectivity index (χ0n) is 14.5. The standard InChI is InChI=1S/C17H26N2O5/c1-21-10-11-24-15-12-13(4-5-14(15)22-2)19-16(20)17(23-3)6-8-18-9-7-17/h4-5,12,18H,6-11H2,1-3H3,(H,19,20). The summed E-state index contributed by atoms with van der Waals surface area (Å²) in [6, 6.07) is 5.29. The topological polar surface area (TPSA) is 78.1 Å². The van der Waals surface area contributed by atoms with Gasteiger partial charge in [0.05, 0.1) is 13.7 Å². The fraction of sp³-hybridized carbons (Fsp3) is 0.588. The normalized spacial score (nSPS) is 16.5. The third-order valence-corrected chi connectivity index (χ3v) is 4.18. The van der Waals surface area contributed by atoms with E-state index in [0.29, 0.717) is 43.2 Å². The number of anilines is 1. The number of nitrogens with one attached hydrogen (secondary N) is 2. The molecule has 0 radical (unpaired) electrons. The Balaban J connectivity index is 2.10. The molecule has 1 heterocycles. The van der Waals surface area contributed by atoms with Crippen LogP contribution in [0.4, 0.5) is 5.69 Å². The lowest BCUT2D eigenvalue weighted by atomic mass is 9.91. The van der Waals surface area contributed by atoms with Crippen molar-refractivity contribution in [3.8, 4) is 11.5 Å². The molecule has 1 aliphatic rings. The molecule has 7 heteroatoms. The zero-order valence-corrected chi connectivity index (χ0v) is 14.5. The van der Waals surface area contributed by atoms with Gasteiger partial charge < -0.3 is 29.6 Å². The number of ether oxygens (including phenoxy) is 4. The molecule has 24 heavy (non-hydrogen) atoms. The monoisotopic (exact) mass is 338 g/mol. The molecule has 1 aromatic carbocycles. The molecule has 7 nitrogen and oxygen atoms in total. The van der Waals surface area contributed by atoms with Gasteiger partial charge in [-0.25, -0.2) is 0 Å². The molecule has 0 atom stereocenters. The van der Waals surface area contributed by atoms with E-state index in [1.807, 2.05) is 0 Å². The first-order valence-corrected chi connectivity index (χ1v) is 8.02. The Bertz CT molecular complexity index is 544. The van der Waals surface area contributed by atoms with Crippen molar-refractivity contribution in [2.45, 2.75) is 18.4 Å². The Labute approximate surface area is 142 Å². The number of piperidine rings is 1. The average molecular weight is 338 g/mol. The predicted molar refractivity (Wildman–Crippen MR) is 90.8 cm³/mol. The first-order valence-electron chi connectivity index (χ1n) is 8.02. The zero-order chi connectivity index (χ0) is 17.4.